The van der Waals surface area contributed by atoms with Gasteiger partial charge in [-0.25, -0.2) is 8.42 Å². The molecular weight excluding hydrogens is 518 g/mol. The van der Waals surface area contributed by atoms with Crippen molar-refractivity contribution in [3.63, 3.8) is 0 Å². The Balaban J connectivity index is 1.74. The Morgan fingerprint density at radius 2 is 1.67 bits per heavy atom. The Morgan fingerprint density at radius 1 is 1.00 bits per heavy atom. The summed E-state index contributed by atoms with van der Waals surface area (Å²) in [6.45, 7) is 8.95. The number of carbonyl (C=O) groups is 2. The van der Waals surface area contributed by atoms with E-state index < -0.39 is 21.6 Å². The lowest BCUT2D eigenvalue weighted by molar-refractivity contribution is -0.141. The first kappa shape index (κ1) is 30.3. The molecule has 0 fully saturated rings. The molecule has 2 aromatic carbocycles. The van der Waals surface area contributed by atoms with E-state index in [9.17, 15) is 18.0 Å². The largest absolute Gasteiger partial charge is 0.486 e. The highest BCUT2D eigenvalue weighted by Gasteiger charge is 2.30. The number of carbonyl (C=O) groups excluding carboxylic acids is 2. The van der Waals surface area contributed by atoms with Crippen molar-refractivity contribution in [2.24, 2.45) is 0 Å². The van der Waals surface area contributed by atoms with E-state index in [0.29, 0.717) is 56.2 Å². The van der Waals surface area contributed by atoms with E-state index in [4.69, 9.17) is 9.47 Å². The Hall–Kier alpha value is -3.27. The average molecular weight is 560 g/mol. The summed E-state index contributed by atoms with van der Waals surface area (Å²) in [5.41, 5.74) is 1.09. The maximum absolute atomic E-state index is 13.5. The smallest absolute Gasteiger partial charge is 0.243 e. The van der Waals surface area contributed by atoms with Gasteiger partial charge in [0, 0.05) is 31.1 Å². The van der Waals surface area contributed by atoms with Crippen LogP contribution in [0.15, 0.2) is 48.5 Å². The minimum Gasteiger partial charge on any atom is -0.486 e. The van der Waals surface area contributed by atoms with Crippen LogP contribution < -0.4 is 19.1 Å². The lowest BCUT2D eigenvalue weighted by Gasteiger charge is -2.33. The van der Waals surface area contributed by atoms with Crippen LogP contribution in [0, 0.1) is 0 Å². The molecule has 214 valence electrons. The van der Waals surface area contributed by atoms with Crippen molar-refractivity contribution in [3.8, 4) is 11.5 Å². The molecule has 39 heavy (non-hydrogen) atoms. The zero-order valence-electron chi connectivity index (χ0n) is 23.6. The molecule has 3 rings (SSSR count). The Kier molecular flexibility index (Phi) is 10.2. The van der Waals surface area contributed by atoms with Crippen LogP contribution in [0.1, 0.15) is 52.5 Å². The number of nitrogens with zero attached hydrogens (tertiary/aromatic N) is 2. The highest BCUT2D eigenvalue weighted by molar-refractivity contribution is 7.92. The van der Waals surface area contributed by atoms with Gasteiger partial charge in [0.05, 0.1) is 11.9 Å². The third-order valence-electron chi connectivity index (χ3n) is 6.33. The Morgan fingerprint density at radius 3 is 2.28 bits per heavy atom. The van der Waals surface area contributed by atoms with Crippen LogP contribution in [0.25, 0.3) is 0 Å². The number of hydrogen-bond acceptors (Lipinski definition) is 6. The third-order valence-corrected chi connectivity index (χ3v) is 7.53. The molecule has 0 spiro atoms. The van der Waals surface area contributed by atoms with Crippen LogP contribution in [0.3, 0.4) is 0 Å². The molecule has 1 aliphatic heterocycles. The number of ether oxygens (including phenoxy) is 2. The van der Waals surface area contributed by atoms with Gasteiger partial charge in [-0.15, -0.1) is 0 Å². The monoisotopic (exact) mass is 559 g/mol. The minimum absolute atomic E-state index is 0.102. The lowest BCUT2D eigenvalue weighted by Crippen LogP contribution is -2.54. The molecule has 0 saturated carbocycles. The maximum atomic E-state index is 13.5. The summed E-state index contributed by atoms with van der Waals surface area (Å²) in [6.07, 6.45) is 2.61. The molecule has 1 heterocycles. The first-order valence-electron chi connectivity index (χ1n) is 13.4. The second-order valence-electron chi connectivity index (χ2n) is 10.8. The summed E-state index contributed by atoms with van der Waals surface area (Å²) in [7, 11) is -3.62. The molecule has 0 radical (unpaired) electrons. The second-order valence-corrected chi connectivity index (χ2v) is 12.7. The van der Waals surface area contributed by atoms with Gasteiger partial charge in [0.15, 0.2) is 11.5 Å². The van der Waals surface area contributed by atoms with Gasteiger partial charge < -0.3 is 19.7 Å². The molecule has 0 bridgehead atoms. The van der Waals surface area contributed by atoms with Crippen LogP contribution in [-0.2, 0) is 26.0 Å². The molecule has 1 N–H and O–H groups in total. The molecule has 1 aliphatic rings. The highest BCUT2D eigenvalue weighted by atomic mass is 32.2. The normalized spacial score (nSPS) is 13.9. The first-order chi connectivity index (χ1) is 18.4. The van der Waals surface area contributed by atoms with Crippen LogP contribution in [-0.4, -0.2) is 69.3 Å². The van der Waals surface area contributed by atoms with E-state index in [1.54, 1.807) is 23.1 Å². The summed E-state index contributed by atoms with van der Waals surface area (Å²) < 4.78 is 37.7. The van der Waals surface area contributed by atoms with E-state index in [1.807, 2.05) is 58.0 Å². The zero-order valence-corrected chi connectivity index (χ0v) is 24.4. The average Bonchev–Trinajstić information content (AvgIpc) is 2.87. The molecular formula is C29H41N3O6S. The van der Waals surface area contributed by atoms with Gasteiger partial charge in [-0.2, -0.15) is 0 Å². The quantitative estimate of drug-likeness (QED) is 0.425. The van der Waals surface area contributed by atoms with Crippen LogP contribution >= 0.6 is 0 Å². The van der Waals surface area contributed by atoms with E-state index in [0.717, 1.165) is 11.8 Å². The van der Waals surface area contributed by atoms with Crippen LogP contribution in [0.4, 0.5) is 5.69 Å². The summed E-state index contributed by atoms with van der Waals surface area (Å²) in [5, 5.41) is 3.00. The fourth-order valence-corrected chi connectivity index (χ4v) is 5.50. The number of anilines is 1. The fraction of sp³-hybridized carbons (Fsp3) is 0.517. The van der Waals surface area contributed by atoms with Gasteiger partial charge in [-0.3, -0.25) is 13.9 Å². The lowest BCUT2D eigenvalue weighted by atomic mass is 10.0. The molecule has 2 aromatic rings. The van der Waals surface area contributed by atoms with Gasteiger partial charge in [-0.1, -0.05) is 37.3 Å². The molecule has 2 amide bonds. The molecule has 0 aliphatic carbocycles. The fourth-order valence-electron chi connectivity index (χ4n) is 4.54. The highest BCUT2D eigenvalue weighted by Crippen LogP contribution is 2.34. The van der Waals surface area contributed by atoms with Crippen molar-refractivity contribution >= 4 is 27.5 Å². The predicted octanol–water partition coefficient (Wildman–Crippen LogP) is 3.77. The number of nitrogens with one attached hydrogen (secondary N) is 1. The van der Waals surface area contributed by atoms with Crippen LogP contribution in [0.5, 0.6) is 11.5 Å². The second kappa shape index (κ2) is 13.2. The maximum Gasteiger partial charge on any atom is 0.243 e. The summed E-state index contributed by atoms with van der Waals surface area (Å²) in [6, 6.07) is 14.2. The van der Waals surface area contributed by atoms with Gasteiger partial charge in [0.2, 0.25) is 21.8 Å². The van der Waals surface area contributed by atoms with Crippen LogP contribution in [0.2, 0.25) is 0 Å². The van der Waals surface area contributed by atoms with E-state index in [1.165, 1.54) is 4.31 Å². The molecule has 10 heteroatoms. The number of fused-ring (bicyclic) bond motifs is 1. The van der Waals surface area contributed by atoms with Crippen molar-refractivity contribution in [3.05, 3.63) is 54.1 Å². The molecule has 0 aromatic heterocycles. The molecule has 1 unspecified atom stereocenters. The number of sulfonamides is 1. The van der Waals surface area contributed by atoms with Crippen molar-refractivity contribution in [2.45, 2.75) is 65.0 Å². The van der Waals surface area contributed by atoms with Gasteiger partial charge >= 0.3 is 0 Å². The number of hydrogen-bond donors (Lipinski definition) is 1. The van der Waals surface area contributed by atoms with Gasteiger partial charge in [-0.05, 0) is 57.7 Å². The zero-order chi connectivity index (χ0) is 28.6. The molecule has 0 saturated heterocycles. The van der Waals surface area contributed by atoms with E-state index in [-0.39, 0.29) is 24.8 Å². The SMILES string of the molecule is CCC(C(=O)NC(C)(C)C)N(CCc1ccccc1)C(=O)CCCN(c1ccc2c(c1)OCCO2)S(C)(=O)=O. The van der Waals surface area contributed by atoms with Crippen molar-refractivity contribution in [1.29, 1.82) is 0 Å². The Labute approximate surface area is 232 Å². The van der Waals surface area contributed by atoms with Gasteiger partial charge in [0.25, 0.3) is 0 Å². The standard InChI is InChI=1S/C29H41N3O6S/c1-6-24(28(34)30-29(2,3)4)31(18-16-22-11-8-7-9-12-22)27(33)13-10-17-32(39(5,35)36)23-14-15-25-26(21-23)38-20-19-37-25/h7-9,11-12,14-15,21,24H,6,10,13,16-20H2,1-5H3,(H,30,34). The topological polar surface area (TPSA) is 105 Å². The Bertz CT molecular complexity index is 1230. The minimum atomic E-state index is -3.62. The van der Waals surface area contributed by atoms with Gasteiger partial charge in [0.1, 0.15) is 19.3 Å². The third kappa shape index (κ3) is 8.88. The number of amides is 2. The number of rotatable bonds is 12. The molecule has 1 atom stereocenters. The number of benzene rings is 2. The predicted molar refractivity (Wildman–Crippen MR) is 153 cm³/mol. The van der Waals surface area contributed by atoms with E-state index in [2.05, 4.69) is 5.32 Å². The summed E-state index contributed by atoms with van der Waals surface area (Å²) >= 11 is 0. The van der Waals surface area contributed by atoms with E-state index >= 15 is 0 Å². The summed E-state index contributed by atoms with van der Waals surface area (Å²) in [5.74, 6) is 0.686. The summed E-state index contributed by atoms with van der Waals surface area (Å²) in [4.78, 5) is 28.3. The van der Waals surface area contributed by atoms with Crippen molar-refractivity contribution in [1.82, 2.24) is 10.2 Å². The first-order valence-corrected chi connectivity index (χ1v) is 15.3. The molecule has 9 nitrogen and oxygen atoms in total. The van der Waals surface area contributed by atoms with Crippen molar-refractivity contribution in [2.75, 3.05) is 36.9 Å². The van der Waals surface area contributed by atoms with Crippen molar-refractivity contribution < 1.29 is 27.5 Å².